The van der Waals surface area contributed by atoms with Crippen LogP contribution in [0.4, 0.5) is 0 Å². The molecular weight excluding hydrogens is 354 g/mol. The van der Waals surface area contributed by atoms with Gasteiger partial charge in [-0.15, -0.1) is 0 Å². The fourth-order valence-corrected chi connectivity index (χ4v) is 4.03. The van der Waals surface area contributed by atoms with Gasteiger partial charge in [0.1, 0.15) is 6.54 Å². The third-order valence-corrected chi connectivity index (χ3v) is 5.86. The van der Waals surface area contributed by atoms with Gasteiger partial charge in [-0.1, -0.05) is 12.5 Å². The summed E-state index contributed by atoms with van der Waals surface area (Å²) in [6.07, 6.45) is 12.0. The van der Waals surface area contributed by atoms with E-state index in [-0.39, 0.29) is 30.3 Å². The maximum Gasteiger partial charge on any atom is 0.244 e. The van der Waals surface area contributed by atoms with Gasteiger partial charge in [-0.3, -0.25) is 19.3 Å². The third-order valence-electron chi connectivity index (χ3n) is 5.86. The molecule has 7 nitrogen and oxygen atoms in total. The molecule has 1 saturated heterocycles. The molecule has 2 aromatic rings. The van der Waals surface area contributed by atoms with Gasteiger partial charge in [0.05, 0.1) is 0 Å². The fraction of sp³-hybridized carbons (Fsp3) is 0.524. The van der Waals surface area contributed by atoms with Crippen molar-refractivity contribution in [2.45, 2.75) is 51.2 Å². The Kier molecular flexibility index (Phi) is 5.69. The normalized spacial score (nSPS) is 19.9. The van der Waals surface area contributed by atoms with Crippen LogP contribution in [0.5, 0.6) is 0 Å². The molecule has 1 atom stereocenters. The highest BCUT2D eigenvalue weighted by Crippen LogP contribution is 2.31. The van der Waals surface area contributed by atoms with Gasteiger partial charge >= 0.3 is 0 Å². The summed E-state index contributed by atoms with van der Waals surface area (Å²) in [6.45, 7) is 2.15. The van der Waals surface area contributed by atoms with Crippen molar-refractivity contribution in [3.05, 3.63) is 48.5 Å². The molecule has 0 radical (unpaired) electrons. The Morgan fingerprint density at radius 3 is 2.71 bits per heavy atom. The average Bonchev–Trinajstić information content (AvgIpc) is 3.18. The number of hydrogen-bond donors (Lipinski definition) is 0. The second kappa shape index (κ2) is 8.54. The number of rotatable bonds is 6. The van der Waals surface area contributed by atoms with Crippen LogP contribution in [-0.2, 0) is 22.7 Å². The Morgan fingerprint density at radius 2 is 2.04 bits per heavy atom. The Morgan fingerprint density at radius 1 is 1.14 bits per heavy atom. The highest BCUT2D eigenvalue weighted by Gasteiger charge is 2.35. The topological polar surface area (TPSA) is 71.3 Å². The van der Waals surface area contributed by atoms with Gasteiger partial charge in [-0.25, -0.2) is 0 Å². The summed E-state index contributed by atoms with van der Waals surface area (Å²) in [5.74, 6) is 0.444. The maximum atomic E-state index is 13.1. The Labute approximate surface area is 165 Å². The van der Waals surface area contributed by atoms with Crippen molar-refractivity contribution in [2.24, 2.45) is 5.92 Å². The lowest BCUT2D eigenvalue weighted by Crippen LogP contribution is -2.53. The highest BCUT2D eigenvalue weighted by atomic mass is 16.2. The van der Waals surface area contributed by atoms with E-state index in [9.17, 15) is 9.59 Å². The number of pyridine rings is 1. The molecule has 3 heterocycles. The molecule has 2 aliphatic rings. The van der Waals surface area contributed by atoms with Crippen molar-refractivity contribution < 1.29 is 9.59 Å². The summed E-state index contributed by atoms with van der Waals surface area (Å²) in [7, 11) is 0. The molecular formula is C21H27N5O2. The number of amides is 2. The minimum absolute atomic E-state index is 0.0589. The maximum absolute atomic E-state index is 13.1. The SMILES string of the molecule is O=C(Cn1cccn1)N1CCCC(N(Cc2cccnc2)C(=O)C2CCC2)C1. The van der Waals surface area contributed by atoms with Crippen LogP contribution in [0, 0.1) is 5.92 Å². The monoisotopic (exact) mass is 381 g/mol. The van der Waals surface area contributed by atoms with Gasteiger partial charge in [-0.05, 0) is 43.4 Å². The Bertz CT molecular complexity index is 788. The van der Waals surface area contributed by atoms with Gasteiger partial charge in [0.2, 0.25) is 11.8 Å². The number of aromatic nitrogens is 3. The lowest BCUT2D eigenvalue weighted by atomic mass is 9.83. The van der Waals surface area contributed by atoms with Gasteiger partial charge in [0, 0.05) is 56.4 Å². The molecule has 1 aliphatic heterocycles. The van der Waals surface area contributed by atoms with Gasteiger partial charge in [-0.2, -0.15) is 5.10 Å². The van der Waals surface area contributed by atoms with Crippen LogP contribution in [0.1, 0.15) is 37.7 Å². The van der Waals surface area contributed by atoms with E-state index in [4.69, 9.17) is 0 Å². The molecule has 0 spiro atoms. The van der Waals surface area contributed by atoms with Crippen LogP contribution in [-0.4, -0.2) is 55.5 Å². The van der Waals surface area contributed by atoms with Gasteiger partial charge < -0.3 is 9.80 Å². The smallest absolute Gasteiger partial charge is 0.244 e. The lowest BCUT2D eigenvalue weighted by molar-refractivity contribution is -0.145. The fourth-order valence-electron chi connectivity index (χ4n) is 4.03. The molecule has 1 aliphatic carbocycles. The van der Waals surface area contributed by atoms with E-state index in [2.05, 4.69) is 10.1 Å². The Balaban J connectivity index is 1.46. The largest absolute Gasteiger partial charge is 0.339 e. The zero-order chi connectivity index (χ0) is 19.3. The molecule has 2 fully saturated rings. The van der Waals surface area contributed by atoms with Crippen molar-refractivity contribution in [3.8, 4) is 0 Å². The van der Waals surface area contributed by atoms with Crippen molar-refractivity contribution in [3.63, 3.8) is 0 Å². The van der Waals surface area contributed by atoms with Crippen LogP contribution < -0.4 is 0 Å². The number of carbonyl (C=O) groups is 2. The first-order chi connectivity index (χ1) is 13.7. The molecule has 2 aromatic heterocycles. The lowest BCUT2D eigenvalue weighted by Gasteiger charge is -2.42. The van der Waals surface area contributed by atoms with Crippen LogP contribution >= 0.6 is 0 Å². The molecule has 28 heavy (non-hydrogen) atoms. The zero-order valence-corrected chi connectivity index (χ0v) is 16.1. The summed E-state index contributed by atoms with van der Waals surface area (Å²) in [6, 6.07) is 5.79. The summed E-state index contributed by atoms with van der Waals surface area (Å²) < 4.78 is 1.65. The second-order valence-corrected chi connectivity index (χ2v) is 7.79. The van der Waals surface area contributed by atoms with Gasteiger partial charge in [0.15, 0.2) is 0 Å². The average molecular weight is 381 g/mol. The number of carbonyl (C=O) groups excluding carboxylic acids is 2. The van der Waals surface area contributed by atoms with Crippen LogP contribution in [0.15, 0.2) is 43.0 Å². The standard InChI is InChI=1S/C21H27N5O2/c27-20(16-25-12-4-10-23-25)24-11-3-8-19(15-24)26(21(28)18-6-1-7-18)14-17-5-2-9-22-13-17/h2,4-5,9-10,12-13,18-19H,1,3,6-8,11,14-16H2. The predicted molar refractivity (Wildman–Crippen MR) is 104 cm³/mol. The summed E-state index contributed by atoms with van der Waals surface area (Å²) in [5.41, 5.74) is 1.04. The minimum Gasteiger partial charge on any atom is -0.339 e. The second-order valence-electron chi connectivity index (χ2n) is 7.79. The number of piperidine rings is 1. The molecule has 7 heteroatoms. The molecule has 1 saturated carbocycles. The molecule has 4 rings (SSSR count). The first-order valence-corrected chi connectivity index (χ1v) is 10.2. The van der Waals surface area contributed by atoms with Crippen molar-refractivity contribution in [1.82, 2.24) is 24.6 Å². The molecule has 1 unspecified atom stereocenters. The summed E-state index contributed by atoms with van der Waals surface area (Å²) in [4.78, 5) is 34.0. The minimum atomic E-state index is 0.0589. The predicted octanol–water partition coefficient (Wildman–Crippen LogP) is 2.10. The van der Waals surface area contributed by atoms with E-state index in [1.807, 2.05) is 34.2 Å². The molecule has 0 aromatic carbocycles. The summed E-state index contributed by atoms with van der Waals surface area (Å²) >= 11 is 0. The first kappa shape index (κ1) is 18.7. The quantitative estimate of drug-likeness (QED) is 0.768. The van der Waals surface area contributed by atoms with Crippen molar-refractivity contribution in [2.75, 3.05) is 13.1 Å². The van der Waals surface area contributed by atoms with E-state index < -0.39 is 0 Å². The van der Waals surface area contributed by atoms with Crippen molar-refractivity contribution in [1.29, 1.82) is 0 Å². The molecule has 0 bridgehead atoms. The number of likely N-dealkylation sites (tertiary alicyclic amines) is 1. The van der Waals surface area contributed by atoms with E-state index >= 15 is 0 Å². The zero-order valence-electron chi connectivity index (χ0n) is 16.1. The third kappa shape index (κ3) is 4.24. The first-order valence-electron chi connectivity index (χ1n) is 10.2. The van der Waals surface area contributed by atoms with E-state index in [0.29, 0.717) is 13.1 Å². The van der Waals surface area contributed by atoms with Crippen LogP contribution in [0.25, 0.3) is 0 Å². The molecule has 2 amide bonds. The Hall–Kier alpha value is -2.70. The number of hydrogen-bond acceptors (Lipinski definition) is 4. The summed E-state index contributed by atoms with van der Waals surface area (Å²) in [5, 5.41) is 4.13. The molecule has 0 N–H and O–H groups in total. The van der Waals surface area contributed by atoms with E-state index in [1.165, 1.54) is 0 Å². The van der Waals surface area contributed by atoms with Crippen molar-refractivity contribution >= 4 is 11.8 Å². The number of nitrogens with zero attached hydrogens (tertiary/aromatic N) is 5. The van der Waals surface area contributed by atoms with Gasteiger partial charge in [0.25, 0.3) is 0 Å². The van der Waals surface area contributed by atoms with E-state index in [1.54, 1.807) is 23.3 Å². The molecule has 148 valence electrons. The van der Waals surface area contributed by atoms with Crippen LogP contribution in [0.2, 0.25) is 0 Å². The highest BCUT2D eigenvalue weighted by molar-refractivity contribution is 5.80. The van der Waals surface area contributed by atoms with Crippen LogP contribution in [0.3, 0.4) is 0 Å². The van der Waals surface area contributed by atoms with E-state index in [0.717, 1.165) is 44.2 Å².